The van der Waals surface area contributed by atoms with Crippen LogP contribution in [0, 0.1) is 5.92 Å². The number of ether oxygens (including phenoxy) is 1. The van der Waals surface area contributed by atoms with E-state index in [9.17, 15) is 0 Å². The predicted octanol–water partition coefficient (Wildman–Crippen LogP) is 1.93. The molecule has 0 aromatic rings. The second-order valence-electron chi connectivity index (χ2n) is 4.02. The Balaban J connectivity index is 1.93. The van der Waals surface area contributed by atoms with Gasteiger partial charge in [-0.15, -0.1) is 0 Å². The first-order chi connectivity index (χ1) is 5.70. The highest BCUT2D eigenvalue weighted by Crippen LogP contribution is 2.29. The Morgan fingerprint density at radius 3 is 2.50 bits per heavy atom. The Morgan fingerprint density at radius 1 is 1.42 bits per heavy atom. The van der Waals surface area contributed by atoms with Crippen LogP contribution in [0.5, 0.6) is 0 Å². The molecule has 12 heavy (non-hydrogen) atoms. The highest BCUT2D eigenvalue weighted by atomic mass is 16.5. The zero-order valence-electron chi connectivity index (χ0n) is 8.25. The van der Waals surface area contributed by atoms with Gasteiger partial charge >= 0.3 is 0 Å². The van der Waals surface area contributed by atoms with E-state index >= 15 is 0 Å². The van der Waals surface area contributed by atoms with Crippen LogP contribution >= 0.6 is 0 Å². The van der Waals surface area contributed by atoms with Crippen LogP contribution in [-0.4, -0.2) is 18.8 Å². The lowest BCUT2D eigenvalue weighted by molar-refractivity contribution is 0.0372. The van der Waals surface area contributed by atoms with Crippen molar-refractivity contribution in [1.29, 1.82) is 0 Å². The van der Waals surface area contributed by atoms with E-state index < -0.39 is 0 Å². The molecule has 1 saturated carbocycles. The van der Waals surface area contributed by atoms with Crippen molar-refractivity contribution >= 4 is 0 Å². The Kier molecular flexibility index (Phi) is 4.02. The molecule has 0 heterocycles. The van der Waals surface area contributed by atoms with Crippen molar-refractivity contribution in [2.75, 3.05) is 6.61 Å². The maximum atomic E-state index is 5.67. The average Bonchev–Trinajstić information content (AvgIpc) is 1.93. The van der Waals surface area contributed by atoms with Gasteiger partial charge in [-0.1, -0.05) is 19.3 Å². The summed E-state index contributed by atoms with van der Waals surface area (Å²) in [5.41, 5.74) is 5.67. The normalized spacial score (nSPS) is 23.2. The molecule has 1 fully saturated rings. The van der Waals surface area contributed by atoms with E-state index in [0.717, 1.165) is 12.5 Å². The van der Waals surface area contributed by atoms with Gasteiger partial charge in [-0.25, -0.2) is 0 Å². The van der Waals surface area contributed by atoms with Gasteiger partial charge in [0.25, 0.3) is 0 Å². The number of hydrogen-bond acceptors (Lipinski definition) is 2. The zero-order chi connectivity index (χ0) is 8.97. The van der Waals surface area contributed by atoms with E-state index in [2.05, 4.69) is 0 Å². The molecule has 0 spiro atoms. The van der Waals surface area contributed by atoms with Gasteiger partial charge in [0.1, 0.15) is 0 Å². The third kappa shape index (κ3) is 3.11. The summed E-state index contributed by atoms with van der Waals surface area (Å²) in [6.07, 6.45) is 5.70. The van der Waals surface area contributed by atoms with Gasteiger partial charge in [0.15, 0.2) is 0 Å². The van der Waals surface area contributed by atoms with Crippen molar-refractivity contribution < 1.29 is 4.74 Å². The molecule has 1 rings (SSSR count). The molecule has 72 valence electrons. The van der Waals surface area contributed by atoms with Crippen LogP contribution in [0.4, 0.5) is 0 Å². The average molecular weight is 171 g/mol. The maximum Gasteiger partial charge on any atom is 0.0695 e. The van der Waals surface area contributed by atoms with Crippen LogP contribution in [0.3, 0.4) is 0 Å². The molecule has 0 aliphatic heterocycles. The fourth-order valence-electron chi connectivity index (χ4n) is 1.35. The molecular formula is C10H21NO. The monoisotopic (exact) mass is 171 g/mol. The maximum absolute atomic E-state index is 5.67. The van der Waals surface area contributed by atoms with E-state index in [-0.39, 0.29) is 12.1 Å². The minimum atomic E-state index is 0.159. The predicted molar refractivity (Wildman–Crippen MR) is 51.0 cm³/mol. The third-order valence-corrected chi connectivity index (χ3v) is 2.87. The second-order valence-corrected chi connectivity index (χ2v) is 4.02. The molecule has 2 atom stereocenters. The first kappa shape index (κ1) is 10.0. The second kappa shape index (κ2) is 4.83. The topological polar surface area (TPSA) is 35.2 Å². The largest absolute Gasteiger partial charge is 0.377 e. The van der Waals surface area contributed by atoms with Gasteiger partial charge in [-0.2, -0.15) is 0 Å². The van der Waals surface area contributed by atoms with Crippen molar-refractivity contribution in [2.45, 2.75) is 51.7 Å². The quantitative estimate of drug-likeness (QED) is 0.686. The first-order valence-corrected chi connectivity index (χ1v) is 5.07. The lowest BCUT2D eigenvalue weighted by Crippen LogP contribution is -2.32. The molecule has 0 aromatic carbocycles. The highest BCUT2D eigenvalue weighted by Gasteiger charge is 2.17. The summed E-state index contributed by atoms with van der Waals surface area (Å²) in [6.45, 7) is 4.94. The standard InChI is InChI=1S/C10H21NO/c1-8(11)9(2)12-7-6-10-4-3-5-10/h8-10H,3-7,11H2,1-2H3/t8-,9?/m0/s1. The molecule has 1 aliphatic rings. The van der Waals surface area contributed by atoms with E-state index in [1.807, 2.05) is 13.8 Å². The highest BCUT2D eigenvalue weighted by molar-refractivity contribution is 4.69. The summed E-state index contributed by atoms with van der Waals surface area (Å²) in [5.74, 6) is 0.949. The van der Waals surface area contributed by atoms with Gasteiger partial charge in [0, 0.05) is 12.6 Å². The number of rotatable bonds is 5. The van der Waals surface area contributed by atoms with E-state index in [0.29, 0.717) is 0 Å². The Labute approximate surface area is 75.5 Å². The molecular weight excluding hydrogens is 150 g/mol. The lowest BCUT2D eigenvalue weighted by Gasteiger charge is -2.26. The van der Waals surface area contributed by atoms with Gasteiger partial charge in [-0.3, -0.25) is 0 Å². The van der Waals surface area contributed by atoms with Crippen molar-refractivity contribution in [1.82, 2.24) is 0 Å². The van der Waals surface area contributed by atoms with Crippen molar-refractivity contribution in [3.63, 3.8) is 0 Å². The molecule has 2 N–H and O–H groups in total. The Hall–Kier alpha value is -0.0800. The molecule has 2 heteroatoms. The van der Waals surface area contributed by atoms with Crippen LogP contribution in [0.2, 0.25) is 0 Å². The Morgan fingerprint density at radius 2 is 2.08 bits per heavy atom. The molecule has 0 saturated heterocycles. The summed E-state index contributed by atoms with van der Waals surface area (Å²) in [6, 6.07) is 0.159. The van der Waals surface area contributed by atoms with Gasteiger partial charge in [0.05, 0.1) is 6.10 Å². The fraction of sp³-hybridized carbons (Fsp3) is 1.00. The molecule has 0 aromatic heterocycles. The molecule has 0 bridgehead atoms. The van der Waals surface area contributed by atoms with E-state index in [1.54, 1.807) is 0 Å². The summed E-state index contributed by atoms with van der Waals surface area (Å²) >= 11 is 0. The van der Waals surface area contributed by atoms with Crippen LogP contribution < -0.4 is 5.73 Å². The summed E-state index contributed by atoms with van der Waals surface area (Å²) in [4.78, 5) is 0. The number of nitrogens with two attached hydrogens (primary N) is 1. The number of hydrogen-bond donors (Lipinski definition) is 1. The van der Waals surface area contributed by atoms with Crippen molar-refractivity contribution in [2.24, 2.45) is 11.7 Å². The molecule has 0 amide bonds. The third-order valence-electron chi connectivity index (χ3n) is 2.87. The van der Waals surface area contributed by atoms with Crippen LogP contribution in [0.1, 0.15) is 39.5 Å². The fourth-order valence-corrected chi connectivity index (χ4v) is 1.35. The summed E-state index contributed by atoms with van der Waals surface area (Å²) < 4.78 is 5.58. The van der Waals surface area contributed by atoms with Crippen molar-refractivity contribution in [3.8, 4) is 0 Å². The van der Waals surface area contributed by atoms with Gasteiger partial charge in [0.2, 0.25) is 0 Å². The lowest BCUT2D eigenvalue weighted by atomic mass is 9.83. The Bertz CT molecular complexity index is 121. The molecule has 0 radical (unpaired) electrons. The minimum Gasteiger partial charge on any atom is -0.377 e. The van der Waals surface area contributed by atoms with E-state index in [1.165, 1.54) is 25.7 Å². The summed E-state index contributed by atoms with van der Waals surface area (Å²) in [5, 5.41) is 0. The molecule has 1 unspecified atom stereocenters. The van der Waals surface area contributed by atoms with Crippen LogP contribution in [-0.2, 0) is 4.74 Å². The first-order valence-electron chi connectivity index (χ1n) is 5.07. The SMILES string of the molecule is CC(OCCC1CCC1)[C@H](C)N. The molecule has 1 aliphatic carbocycles. The zero-order valence-corrected chi connectivity index (χ0v) is 8.25. The smallest absolute Gasteiger partial charge is 0.0695 e. The van der Waals surface area contributed by atoms with Gasteiger partial charge < -0.3 is 10.5 Å². The van der Waals surface area contributed by atoms with Crippen LogP contribution in [0.15, 0.2) is 0 Å². The van der Waals surface area contributed by atoms with Gasteiger partial charge in [-0.05, 0) is 26.2 Å². The van der Waals surface area contributed by atoms with Crippen LogP contribution in [0.25, 0.3) is 0 Å². The minimum absolute atomic E-state index is 0.159. The van der Waals surface area contributed by atoms with Crippen molar-refractivity contribution in [3.05, 3.63) is 0 Å². The summed E-state index contributed by atoms with van der Waals surface area (Å²) in [7, 11) is 0. The van der Waals surface area contributed by atoms with E-state index in [4.69, 9.17) is 10.5 Å². The molecule has 2 nitrogen and oxygen atoms in total.